The number of methoxy groups -OCH3 is 1. The Morgan fingerprint density at radius 2 is 1.94 bits per heavy atom. The van der Waals surface area contributed by atoms with Crippen LogP contribution >= 0.6 is 0 Å². The van der Waals surface area contributed by atoms with Gasteiger partial charge in [0.1, 0.15) is 17.7 Å². The number of aliphatic hydroxyl groups is 1. The molecule has 0 saturated carbocycles. The van der Waals surface area contributed by atoms with Crippen molar-refractivity contribution in [1.29, 1.82) is 0 Å². The monoisotopic (exact) mass is 246 g/mol. The molecule has 94 valence electrons. The first-order chi connectivity index (χ1) is 8.61. The number of rotatable bonds is 3. The highest BCUT2D eigenvalue weighted by Gasteiger charge is 2.16. The van der Waals surface area contributed by atoms with Crippen LogP contribution in [0.25, 0.3) is 0 Å². The van der Waals surface area contributed by atoms with E-state index in [0.29, 0.717) is 11.3 Å². The van der Waals surface area contributed by atoms with Gasteiger partial charge in [-0.2, -0.15) is 0 Å². The van der Waals surface area contributed by atoms with Gasteiger partial charge in [-0.25, -0.2) is 4.39 Å². The van der Waals surface area contributed by atoms with Gasteiger partial charge in [0.05, 0.1) is 7.11 Å². The van der Waals surface area contributed by atoms with Crippen molar-refractivity contribution in [3.63, 3.8) is 0 Å². The Bertz CT molecular complexity index is 552. The first-order valence-electron chi connectivity index (χ1n) is 5.70. The summed E-state index contributed by atoms with van der Waals surface area (Å²) in [6, 6.07) is 11.6. The van der Waals surface area contributed by atoms with E-state index in [0.717, 1.165) is 11.1 Å². The summed E-state index contributed by atoms with van der Waals surface area (Å²) in [5, 5.41) is 10.3. The smallest absolute Gasteiger partial charge is 0.125 e. The van der Waals surface area contributed by atoms with E-state index in [4.69, 9.17) is 4.74 Å². The second-order valence-electron chi connectivity index (χ2n) is 4.20. The molecule has 0 aliphatic heterocycles. The van der Waals surface area contributed by atoms with Gasteiger partial charge >= 0.3 is 0 Å². The van der Waals surface area contributed by atoms with Gasteiger partial charge in [-0.05, 0) is 30.7 Å². The zero-order valence-corrected chi connectivity index (χ0v) is 10.4. The van der Waals surface area contributed by atoms with Crippen LogP contribution in [0.5, 0.6) is 5.75 Å². The van der Waals surface area contributed by atoms with Crippen LogP contribution < -0.4 is 4.74 Å². The Morgan fingerprint density at radius 3 is 2.61 bits per heavy atom. The summed E-state index contributed by atoms with van der Waals surface area (Å²) >= 11 is 0. The fraction of sp³-hybridized carbons (Fsp3) is 0.200. The Balaban J connectivity index is 2.44. The van der Waals surface area contributed by atoms with E-state index in [1.54, 1.807) is 0 Å². The predicted molar refractivity (Wildman–Crippen MR) is 68.2 cm³/mol. The molecule has 0 aliphatic carbocycles. The molecule has 2 rings (SSSR count). The molecule has 0 aromatic heterocycles. The molecule has 1 unspecified atom stereocenters. The van der Waals surface area contributed by atoms with Crippen molar-refractivity contribution < 1.29 is 14.2 Å². The number of aryl methyl sites for hydroxylation is 1. The van der Waals surface area contributed by atoms with Crippen LogP contribution in [-0.4, -0.2) is 12.2 Å². The van der Waals surface area contributed by atoms with Crippen molar-refractivity contribution in [3.05, 3.63) is 65.0 Å². The maximum Gasteiger partial charge on any atom is 0.125 e. The fourth-order valence-electron chi connectivity index (χ4n) is 1.94. The van der Waals surface area contributed by atoms with E-state index in [-0.39, 0.29) is 0 Å². The van der Waals surface area contributed by atoms with Gasteiger partial charge in [0.15, 0.2) is 0 Å². The molecule has 2 aromatic rings. The number of hydrogen-bond donors (Lipinski definition) is 1. The number of benzene rings is 2. The van der Waals surface area contributed by atoms with Gasteiger partial charge < -0.3 is 9.84 Å². The maximum absolute atomic E-state index is 13.3. The number of halogens is 1. The van der Waals surface area contributed by atoms with Gasteiger partial charge in [0, 0.05) is 5.56 Å². The molecule has 0 aliphatic rings. The van der Waals surface area contributed by atoms with Crippen molar-refractivity contribution in [3.8, 4) is 5.75 Å². The van der Waals surface area contributed by atoms with Crippen LogP contribution in [-0.2, 0) is 0 Å². The predicted octanol–water partition coefficient (Wildman–Crippen LogP) is 3.22. The SMILES string of the molecule is COc1ccc(F)cc1C(O)c1cccc(C)c1. The zero-order chi connectivity index (χ0) is 13.1. The van der Waals surface area contributed by atoms with Crippen LogP contribution in [0.1, 0.15) is 22.8 Å². The molecular weight excluding hydrogens is 231 g/mol. The molecule has 2 aromatic carbocycles. The second kappa shape index (κ2) is 5.19. The number of ether oxygens (including phenoxy) is 1. The highest BCUT2D eigenvalue weighted by molar-refractivity contribution is 5.41. The van der Waals surface area contributed by atoms with E-state index < -0.39 is 11.9 Å². The number of aliphatic hydroxyl groups excluding tert-OH is 1. The van der Waals surface area contributed by atoms with Crippen LogP contribution in [0, 0.1) is 12.7 Å². The first-order valence-corrected chi connectivity index (χ1v) is 5.70. The van der Waals surface area contributed by atoms with Crippen LogP contribution in [0.15, 0.2) is 42.5 Å². The van der Waals surface area contributed by atoms with Crippen molar-refractivity contribution in [2.24, 2.45) is 0 Å². The third kappa shape index (κ3) is 2.51. The van der Waals surface area contributed by atoms with Gasteiger partial charge in [0.25, 0.3) is 0 Å². The Morgan fingerprint density at radius 1 is 1.17 bits per heavy atom. The summed E-state index contributed by atoms with van der Waals surface area (Å²) in [5.74, 6) is 0.0860. The Labute approximate surface area is 106 Å². The van der Waals surface area contributed by atoms with Gasteiger partial charge in [0.2, 0.25) is 0 Å². The largest absolute Gasteiger partial charge is 0.496 e. The second-order valence-corrected chi connectivity index (χ2v) is 4.20. The van der Waals surface area contributed by atoms with Crippen LogP contribution in [0.3, 0.4) is 0 Å². The first kappa shape index (κ1) is 12.6. The molecular formula is C15H15FO2. The molecule has 0 fully saturated rings. The molecule has 2 nitrogen and oxygen atoms in total. The standard InChI is InChI=1S/C15H15FO2/c1-10-4-3-5-11(8-10)15(17)13-9-12(16)6-7-14(13)18-2/h3-9,15,17H,1-2H3. The molecule has 18 heavy (non-hydrogen) atoms. The molecule has 0 radical (unpaired) electrons. The van der Waals surface area contributed by atoms with E-state index >= 15 is 0 Å². The molecule has 3 heteroatoms. The maximum atomic E-state index is 13.3. The lowest BCUT2D eigenvalue weighted by molar-refractivity contribution is 0.214. The van der Waals surface area contributed by atoms with E-state index in [1.165, 1.54) is 25.3 Å². The number of hydrogen-bond acceptors (Lipinski definition) is 2. The summed E-state index contributed by atoms with van der Waals surface area (Å²) in [7, 11) is 1.50. The van der Waals surface area contributed by atoms with Gasteiger partial charge in [-0.15, -0.1) is 0 Å². The summed E-state index contributed by atoms with van der Waals surface area (Å²) in [6.07, 6.45) is -0.893. The average Bonchev–Trinajstić information content (AvgIpc) is 2.38. The van der Waals surface area contributed by atoms with Crippen LogP contribution in [0.2, 0.25) is 0 Å². The minimum Gasteiger partial charge on any atom is -0.496 e. The van der Waals surface area contributed by atoms with E-state index in [1.807, 2.05) is 31.2 Å². The third-order valence-electron chi connectivity index (χ3n) is 2.84. The fourth-order valence-corrected chi connectivity index (χ4v) is 1.94. The average molecular weight is 246 g/mol. The summed E-state index contributed by atoms with van der Waals surface area (Å²) in [6.45, 7) is 1.94. The lowest BCUT2D eigenvalue weighted by Gasteiger charge is -2.15. The summed E-state index contributed by atoms with van der Waals surface area (Å²) in [4.78, 5) is 0. The third-order valence-corrected chi connectivity index (χ3v) is 2.84. The minimum atomic E-state index is -0.893. The Kier molecular flexibility index (Phi) is 3.63. The molecule has 1 atom stereocenters. The molecule has 0 heterocycles. The normalized spacial score (nSPS) is 12.2. The minimum absolute atomic E-state index is 0.391. The van der Waals surface area contributed by atoms with E-state index in [9.17, 15) is 9.50 Å². The highest BCUT2D eigenvalue weighted by atomic mass is 19.1. The highest BCUT2D eigenvalue weighted by Crippen LogP contribution is 2.30. The lowest BCUT2D eigenvalue weighted by Crippen LogP contribution is -2.03. The molecule has 1 N–H and O–H groups in total. The lowest BCUT2D eigenvalue weighted by atomic mass is 9.99. The van der Waals surface area contributed by atoms with Crippen LogP contribution in [0.4, 0.5) is 4.39 Å². The summed E-state index contributed by atoms with van der Waals surface area (Å²) in [5.41, 5.74) is 2.20. The van der Waals surface area contributed by atoms with E-state index in [2.05, 4.69) is 0 Å². The molecule has 0 saturated heterocycles. The quantitative estimate of drug-likeness (QED) is 0.901. The molecule has 0 amide bonds. The Hall–Kier alpha value is -1.87. The molecule has 0 spiro atoms. The van der Waals surface area contributed by atoms with Crippen molar-refractivity contribution >= 4 is 0 Å². The van der Waals surface area contributed by atoms with Crippen molar-refractivity contribution in [1.82, 2.24) is 0 Å². The molecule has 0 bridgehead atoms. The van der Waals surface area contributed by atoms with Gasteiger partial charge in [-0.1, -0.05) is 29.8 Å². The van der Waals surface area contributed by atoms with Crippen molar-refractivity contribution in [2.45, 2.75) is 13.0 Å². The summed E-state index contributed by atoms with van der Waals surface area (Å²) < 4.78 is 18.4. The van der Waals surface area contributed by atoms with Crippen molar-refractivity contribution in [2.75, 3.05) is 7.11 Å². The van der Waals surface area contributed by atoms with Gasteiger partial charge in [-0.3, -0.25) is 0 Å². The topological polar surface area (TPSA) is 29.5 Å². The zero-order valence-electron chi connectivity index (χ0n) is 10.4.